The Kier molecular flexibility index (Phi) is 3.37. The molecule has 1 N–H and O–H groups in total. The van der Waals surface area contributed by atoms with E-state index in [0.717, 1.165) is 22.4 Å². The molecule has 0 radical (unpaired) electrons. The summed E-state index contributed by atoms with van der Waals surface area (Å²) in [6.07, 6.45) is 4.30. The highest BCUT2D eigenvalue weighted by Gasteiger charge is 2.21. The van der Waals surface area contributed by atoms with Gasteiger partial charge in [-0.3, -0.25) is 0 Å². The molecular formula is C12H12BrClN4. The Hall–Kier alpha value is -0.910. The third kappa shape index (κ3) is 2.58. The Labute approximate surface area is 118 Å². The van der Waals surface area contributed by atoms with Crippen molar-refractivity contribution in [3.63, 3.8) is 0 Å². The molecule has 0 aliphatic heterocycles. The Balaban J connectivity index is 1.90. The number of benzene rings is 1. The minimum atomic E-state index is 0.659. The van der Waals surface area contributed by atoms with Gasteiger partial charge in [0, 0.05) is 17.1 Å². The third-order valence-corrected chi connectivity index (χ3v) is 3.72. The van der Waals surface area contributed by atoms with Gasteiger partial charge in [-0.25, -0.2) is 4.68 Å². The first-order valence-electron chi connectivity index (χ1n) is 5.82. The molecule has 1 aliphatic rings. The maximum absolute atomic E-state index is 6.20. The molecule has 1 aromatic carbocycles. The average molecular weight is 328 g/mol. The predicted octanol–water partition coefficient (Wildman–Crippen LogP) is 2.94. The summed E-state index contributed by atoms with van der Waals surface area (Å²) < 4.78 is 2.75. The lowest BCUT2D eigenvalue weighted by molar-refractivity contribution is 0.647. The minimum absolute atomic E-state index is 0.659. The maximum Gasteiger partial charge on any atom is 0.0864 e. The molecule has 94 valence electrons. The van der Waals surface area contributed by atoms with Gasteiger partial charge >= 0.3 is 0 Å². The molecule has 1 fully saturated rings. The van der Waals surface area contributed by atoms with Crippen molar-refractivity contribution in [2.75, 3.05) is 0 Å². The molecule has 0 bridgehead atoms. The summed E-state index contributed by atoms with van der Waals surface area (Å²) in [6, 6.07) is 6.36. The van der Waals surface area contributed by atoms with E-state index in [0.29, 0.717) is 11.1 Å². The van der Waals surface area contributed by atoms with E-state index in [2.05, 4.69) is 31.6 Å². The van der Waals surface area contributed by atoms with Crippen LogP contribution in [0.1, 0.15) is 18.5 Å². The number of nitrogens with zero attached hydrogens (tertiary/aromatic N) is 3. The molecule has 4 nitrogen and oxygen atoms in total. The lowest BCUT2D eigenvalue weighted by Gasteiger charge is -2.09. The monoisotopic (exact) mass is 326 g/mol. The van der Waals surface area contributed by atoms with Crippen LogP contribution in [0.5, 0.6) is 0 Å². The molecule has 18 heavy (non-hydrogen) atoms. The molecule has 0 amide bonds. The van der Waals surface area contributed by atoms with Gasteiger partial charge in [-0.1, -0.05) is 32.7 Å². The van der Waals surface area contributed by atoms with Gasteiger partial charge in [-0.05, 0) is 31.0 Å². The standard InChI is InChI=1S/C12H12BrClN4/c13-8-1-4-11(14)12(5-8)18-10(7-16-17-18)6-15-9-2-3-9/h1,4-5,7,9,15H,2-3,6H2. The highest BCUT2D eigenvalue weighted by atomic mass is 79.9. The largest absolute Gasteiger partial charge is 0.308 e. The lowest BCUT2D eigenvalue weighted by atomic mass is 10.3. The van der Waals surface area contributed by atoms with Crippen molar-refractivity contribution in [2.45, 2.75) is 25.4 Å². The van der Waals surface area contributed by atoms with E-state index in [1.165, 1.54) is 12.8 Å². The van der Waals surface area contributed by atoms with Crippen LogP contribution in [-0.4, -0.2) is 21.0 Å². The number of nitrogens with one attached hydrogen (secondary N) is 1. The van der Waals surface area contributed by atoms with Gasteiger partial charge in [0.2, 0.25) is 0 Å². The normalized spacial score (nSPS) is 15.0. The highest BCUT2D eigenvalue weighted by Crippen LogP contribution is 2.25. The Morgan fingerprint density at radius 3 is 3.06 bits per heavy atom. The molecule has 0 saturated heterocycles. The smallest absolute Gasteiger partial charge is 0.0864 e. The first kappa shape index (κ1) is 12.1. The van der Waals surface area contributed by atoms with Crippen LogP contribution in [0.4, 0.5) is 0 Å². The third-order valence-electron chi connectivity index (χ3n) is 2.91. The highest BCUT2D eigenvalue weighted by molar-refractivity contribution is 9.10. The fraction of sp³-hybridized carbons (Fsp3) is 0.333. The van der Waals surface area contributed by atoms with Crippen LogP contribution in [-0.2, 0) is 6.54 Å². The van der Waals surface area contributed by atoms with Crippen LogP contribution in [0.2, 0.25) is 5.02 Å². The Bertz CT molecular complexity index is 565. The van der Waals surface area contributed by atoms with Crippen LogP contribution in [0.25, 0.3) is 5.69 Å². The van der Waals surface area contributed by atoms with Gasteiger partial charge in [0.05, 0.1) is 22.6 Å². The van der Waals surface area contributed by atoms with Crippen molar-refractivity contribution in [1.82, 2.24) is 20.3 Å². The van der Waals surface area contributed by atoms with Crippen molar-refractivity contribution in [1.29, 1.82) is 0 Å². The molecule has 1 aromatic heterocycles. The quantitative estimate of drug-likeness (QED) is 0.939. The predicted molar refractivity (Wildman–Crippen MR) is 73.9 cm³/mol. The summed E-state index contributed by atoms with van der Waals surface area (Å²) in [7, 11) is 0. The molecule has 1 saturated carbocycles. The maximum atomic E-state index is 6.20. The molecule has 3 rings (SSSR count). The summed E-state index contributed by atoms with van der Waals surface area (Å²) in [6.45, 7) is 0.764. The second-order valence-electron chi connectivity index (χ2n) is 4.39. The van der Waals surface area contributed by atoms with Crippen LogP contribution >= 0.6 is 27.5 Å². The van der Waals surface area contributed by atoms with E-state index in [-0.39, 0.29) is 0 Å². The van der Waals surface area contributed by atoms with Crippen molar-refractivity contribution in [3.8, 4) is 5.69 Å². The van der Waals surface area contributed by atoms with Gasteiger partial charge in [0.25, 0.3) is 0 Å². The zero-order valence-corrected chi connectivity index (χ0v) is 11.9. The second-order valence-corrected chi connectivity index (χ2v) is 5.71. The molecular weight excluding hydrogens is 316 g/mol. The fourth-order valence-corrected chi connectivity index (χ4v) is 2.31. The molecule has 6 heteroatoms. The van der Waals surface area contributed by atoms with Gasteiger partial charge in [-0.15, -0.1) is 5.10 Å². The van der Waals surface area contributed by atoms with E-state index < -0.39 is 0 Å². The number of hydrogen-bond acceptors (Lipinski definition) is 3. The molecule has 2 aromatic rings. The van der Waals surface area contributed by atoms with Crippen molar-refractivity contribution >= 4 is 27.5 Å². The summed E-state index contributed by atoms with van der Waals surface area (Å²) >= 11 is 9.65. The molecule has 1 heterocycles. The molecule has 0 atom stereocenters. The van der Waals surface area contributed by atoms with Crippen molar-refractivity contribution < 1.29 is 0 Å². The SMILES string of the molecule is Clc1ccc(Br)cc1-n1nncc1CNC1CC1. The number of rotatable bonds is 4. The fourth-order valence-electron chi connectivity index (χ4n) is 1.76. The molecule has 1 aliphatic carbocycles. The topological polar surface area (TPSA) is 42.7 Å². The van der Waals surface area contributed by atoms with E-state index in [1.807, 2.05) is 18.2 Å². The van der Waals surface area contributed by atoms with E-state index in [9.17, 15) is 0 Å². The van der Waals surface area contributed by atoms with Crippen LogP contribution in [0.15, 0.2) is 28.9 Å². The summed E-state index contributed by atoms with van der Waals surface area (Å²) in [5.74, 6) is 0. The van der Waals surface area contributed by atoms with Crippen LogP contribution in [0.3, 0.4) is 0 Å². The zero-order valence-electron chi connectivity index (χ0n) is 9.61. The lowest BCUT2D eigenvalue weighted by Crippen LogP contribution is -2.18. The van der Waals surface area contributed by atoms with Gasteiger partial charge in [0.1, 0.15) is 0 Å². The number of aromatic nitrogens is 3. The van der Waals surface area contributed by atoms with E-state index in [4.69, 9.17) is 11.6 Å². The summed E-state index contributed by atoms with van der Waals surface area (Å²) in [5.41, 5.74) is 1.86. The Morgan fingerprint density at radius 2 is 2.28 bits per heavy atom. The van der Waals surface area contributed by atoms with E-state index >= 15 is 0 Å². The first-order chi connectivity index (χ1) is 8.74. The number of halogens is 2. The van der Waals surface area contributed by atoms with E-state index in [1.54, 1.807) is 10.9 Å². The second kappa shape index (κ2) is 4.99. The van der Waals surface area contributed by atoms with Gasteiger partial charge in [0.15, 0.2) is 0 Å². The van der Waals surface area contributed by atoms with Crippen LogP contribution < -0.4 is 5.32 Å². The summed E-state index contributed by atoms with van der Waals surface area (Å²) in [5, 5.41) is 12.2. The first-order valence-corrected chi connectivity index (χ1v) is 6.99. The van der Waals surface area contributed by atoms with Crippen LogP contribution in [0, 0.1) is 0 Å². The summed E-state index contributed by atoms with van der Waals surface area (Å²) in [4.78, 5) is 0. The zero-order chi connectivity index (χ0) is 12.5. The van der Waals surface area contributed by atoms with Gasteiger partial charge < -0.3 is 5.32 Å². The minimum Gasteiger partial charge on any atom is -0.308 e. The van der Waals surface area contributed by atoms with Crippen molar-refractivity contribution in [2.24, 2.45) is 0 Å². The number of hydrogen-bond donors (Lipinski definition) is 1. The van der Waals surface area contributed by atoms with Gasteiger partial charge in [-0.2, -0.15) is 0 Å². The molecule has 0 spiro atoms. The average Bonchev–Trinajstić information content (AvgIpc) is 3.08. The molecule has 0 unspecified atom stereocenters. The Morgan fingerprint density at radius 1 is 1.44 bits per heavy atom. The van der Waals surface area contributed by atoms with Crippen molar-refractivity contribution in [3.05, 3.63) is 39.6 Å².